The minimum atomic E-state index is 0.615. The summed E-state index contributed by atoms with van der Waals surface area (Å²) in [5, 5.41) is 4.53. The van der Waals surface area contributed by atoms with Crippen LogP contribution < -0.4 is 5.73 Å². The number of nitrogens with zero attached hydrogens (tertiary/aromatic N) is 4. The predicted molar refractivity (Wildman–Crippen MR) is 77.9 cm³/mol. The van der Waals surface area contributed by atoms with E-state index in [1.54, 1.807) is 12.4 Å². The van der Waals surface area contributed by atoms with Gasteiger partial charge in [0.15, 0.2) is 0 Å². The first-order chi connectivity index (χ1) is 9.74. The number of nitrogen functional groups attached to an aromatic ring is 1. The fourth-order valence-corrected chi connectivity index (χ4v) is 2.11. The van der Waals surface area contributed by atoms with E-state index in [2.05, 4.69) is 27.2 Å². The molecule has 2 N–H and O–H groups in total. The lowest BCUT2D eigenvalue weighted by Gasteiger charge is -2.02. The van der Waals surface area contributed by atoms with Crippen molar-refractivity contribution < 1.29 is 0 Å². The van der Waals surface area contributed by atoms with Gasteiger partial charge in [0.05, 0.1) is 17.9 Å². The smallest absolute Gasteiger partial charge is 0.135 e. The average molecular weight is 265 g/mol. The standard InChI is InChI=1S/C15H15N5/c1-11-14(18-8-7-17-11)15-13(16)10-20(19-15)9-12-5-3-2-4-6-12/h2-8,10H,9,16H2,1H3. The van der Waals surface area contributed by atoms with Crippen LogP contribution in [-0.2, 0) is 6.54 Å². The molecule has 0 saturated carbocycles. The molecule has 0 amide bonds. The number of anilines is 1. The van der Waals surface area contributed by atoms with E-state index >= 15 is 0 Å². The molecule has 2 heterocycles. The van der Waals surface area contributed by atoms with Gasteiger partial charge in [0.25, 0.3) is 0 Å². The first kappa shape index (κ1) is 12.3. The summed E-state index contributed by atoms with van der Waals surface area (Å²) in [4.78, 5) is 8.53. The highest BCUT2D eigenvalue weighted by Crippen LogP contribution is 2.23. The van der Waals surface area contributed by atoms with Gasteiger partial charge in [-0.15, -0.1) is 0 Å². The number of benzene rings is 1. The molecule has 0 bridgehead atoms. The van der Waals surface area contributed by atoms with Gasteiger partial charge >= 0.3 is 0 Å². The summed E-state index contributed by atoms with van der Waals surface area (Å²) in [7, 11) is 0. The number of hydrogen-bond donors (Lipinski definition) is 1. The SMILES string of the molecule is Cc1nccnc1-c1nn(Cc2ccccc2)cc1N. The minimum absolute atomic E-state index is 0.615. The van der Waals surface area contributed by atoms with Gasteiger partial charge in [-0.05, 0) is 12.5 Å². The summed E-state index contributed by atoms with van der Waals surface area (Å²) in [5.41, 5.74) is 10.1. The van der Waals surface area contributed by atoms with Crippen LogP contribution in [-0.4, -0.2) is 19.7 Å². The summed E-state index contributed by atoms with van der Waals surface area (Å²) in [5.74, 6) is 0. The topological polar surface area (TPSA) is 69.6 Å². The molecule has 0 radical (unpaired) electrons. The summed E-state index contributed by atoms with van der Waals surface area (Å²) < 4.78 is 1.83. The molecule has 3 aromatic rings. The molecule has 0 saturated heterocycles. The van der Waals surface area contributed by atoms with E-state index in [1.807, 2.05) is 36.0 Å². The van der Waals surface area contributed by atoms with E-state index in [9.17, 15) is 0 Å². The quantitative estimate of drug-likeness (QED) is 0.788. The molecule has 0 aliphatic carbocycles. The summed E-state index contributed by atoms with van der Waals surface area (Å²) >= 11 is 0. The van der Waals surface area contributed by atoms with Crippen LogP contribution in [0.5, 0.6) is 0 Å². The second-order valence-electron chi connectivity index (χ2n) is 4.61. The molecular weight excluding hydrogens is 250 g/mol. The maximum absolute atomic E-state index is 6.04. The van der Waals surface area contributed by atoms with Crippen LogP contribution >= 0.6 is 0 Å². The maximum atomic E-state index is 6.04. The van der Waals surface area contributed by atoms with Crippen LogP contribution in [0.25, 0.3) is 11.4 Å². The van der Waals surface area contributed by atoms with Gasteiger partial charge in [0, 0.05) is 18.6 Å². The Hall–Kier alpha value is -2.69. The highest BCUT2D eigenvalue weighted by molar-refractivity contribution is 5.70. The Bertz CT molecular complexity index is 718. The van der Waals surface area contributed by atoms with Crippen molar-refractivity contribution in [1.82, 2.24) is 19.7 Å². The van der Waals surface area contributed by atoms with E-state index in [0.29, 0.717) is 17.9 Å². The molecule has 5 heteroatoms. The Labute approximate surface area is 117 Å². The molecule has 0 unspecified atom stereocenters. The molecule has 0 fully saturated rings. The molecule has 0 aliphatic rings. The first-order valence-electron chi connectivity index (χ1n) is 6.39. The van der Waals surface area contributed by atoms with E-state index in [-0.39, 0.29) is 0 Å². The first-order valence-corrected chi connectivity index (χ1v) is 6.39. The monoisotopic (exact) mass is 265 g/mol. The molecule has 0 aliphatic heterocycles. The van der Waals surface area contributed by atoms with Crippen molar-refractivity contribution in [3.05, 3.63) is 60.2 Å². The van der Waals surface area contributed by atoms with E-state index in [1.165, 1.54) is 5.56 Å². The summed E-state index contributed by atoms with van der Waals surface area (Å²) in [6, 6.07) is 10.1. The molecule has 1 aromatic carbocycles. The molecule has 3 rings (SSSR count). The van der Waals surface area contributed by atoms with Gasteiger partial charge in [-0.25, -0.2) is 0 Å². The Morgan fingerprint density at radius 3 is 2.55 bits per heavy atom. The van der Waals surface area contributed by atoms with Crippen LogP contribution in [0.4, 0.5) is 5.69 Å². The van der Waals surface area contributed by atoms with E-state index in [0.717, 1.165) is 11.4 Å². The van der Waals surface area contributed by atoms with Crippen molar-refractivity contribution in [3.63, 3.8) is 0 Å². The van der Waals surface area contributed by atoms with E-state index < -0.39 is 0 Å². The van der Waals surface area contributed by atoms with Crippen LogP contribution in [0.3, 0.4) is 0 Å². The minimum Gasteiger partial charge on any atom is -0.396 e. The molecule has 20 heavy (non-hydrogen) atoms. The van der Waals surface area contributed by atoms with Crippen LogP contribution in [0.1, 0.15) is 11.3 Å². The van der Waals surface area contributed by atoms with Crippen LogP contribution in [0, 0.1) is 6.92 Å². The lowest BCUT2D eigenvalue weighted by atomic mass is 10.2. The van der Waals surface area contributed by atoms with Crippen molar-refractivity contribution >= 4 is 5.69 Å². The Morgan fingerprint density at radius 2 is 1.80 bits per heavy atom. The molecular formula is C15H15N5. The zero-order valence-corrected chi connectivity index (χ0v) is 11.2. The van der Waals surface area contributed by atoms with Crippen molar-refractivity contribution in [1.29, 1.82) is 0 Å². The second-order valence-corrected chi connectivity index (χ2v) is 4.61. The Balaban J connectivity index is 1.94. The largest absolute Gasteiger partial charge is 0.396 e. The third-order valence-corrected chi connectivity index (χ3v) is 3.08. The Morgan fingerprint density at radius 1 is 1.05 bits per heavy atom. The molecule has 100 valence electrons. The highest BCUT2D eigenvalue weighted by Gasteiger charge is 2.12. The molecule has 2 aromatic heterocycles. The number of nitrogens with two attached hydrogens (primary N) is 1. The van der Waals surface area contributed by atoms with Crippen LogP contribution in [0.15, 0.2) is 48.9 Å². The summed E-state index contributed by atoms with van der Waals surface area (Å²) in [6.45, 7) is 2.59. The van der Waals surface area contributed by atoms with Crippen molar-refractivity contribution in [3.8, 4) is 11.4 Å². The number of aryl methyl sites for hydroxylation is 1. The highest BCUT2D eigenvalue weighted by atomic mass is 15.3. The zero-order chi connectivity index (χ0) is 13.9. The van der Waals surface area contributed by atoms with Gasteiger partial charge in [0.1, 0.15) is 11.4 Å². The Kier molecular flexibility index (Phi) is 3.16. The summed E-state index contributed by atoms with van der Waals surface area (Å²) in [6.07, 6.45) is 5.14. The maximum Gasteiger partial charge on any atom is 0.135 e. The fraction of sp³-hybridized carbons (Fsp3) is 0.133. The molecule has 0 spiro atoms. The normalized spacial score (nSPS) is 10.7. The zero-order valence-electron chi connectivity index (χ0n) is 11.2. The number of rotatable bonds is 3. The van der Waals surface area contributed by atoms with Gasteiger partial charge in [0.2, 0.25) is 0 Å². The lowest BCUT2D eigenvalue weighted by molar-refractivity contribution is 0.689. The molecule has 0 atom stereocenters. The number of aromatic nitrogens is 4. The third-order valence-electron chi connectivity index (χ3n) is 3.08. The van der Waals surface area contributed by atoms with Crippen LogP contribution in [0.2, 0.25) is 0 Å². The van der Waals surface area contributed by atoms with Crippen molar-refractivity contribution in [2.24, 2.45) is 0 Å². The van der Waals surface area contributed by atoms with Gasteiger partial charge in [-0.3, -0.25) is 14.6 Å². The van der Waals surface area contributed by atoms with Crippen molar-refractivity contribution in [2.75, 3.05) is 5.73 Å². The lowest BCUT2D eigenvalue weighted by Crippen LogP contribution is -2.00. The fourth-order valence-electron chi connectivity index (χ4n) is 2.11. The van der Waals surface area contributed by atoms with Crippen molar-refractivity contribution in [2.45, 2.75) is 13.5 Å². The van der Waals surface area contributed by atoms with Gasteiger partial charge in [-0.1, -0.05) is 30.3 Å². The van der Waals surface area contributed by atoms with Gasteiger partial charge < -0.3 is 5.73 Å². The number of hydrogen-bond acceptors (Lipinski definition) is 4. The predicted octanol–water partition coefficient (Wildman–Crippen LogP) is 2.28. The second kappa shape index (κ2) is 5.13. The van der Waals surface area contributed by atoms with E-state index in [4.69, 9.17) is 5.73 Å². The molecule has 5 nitrogen and oxygen atoms in total. The van der Waals surface area contributed by atoms with Gasteiger partial charge in [-0.2, -0.15) is 5.10 Å². The third kappa shape index (κ3) is 2.38. The average Bonchev–Trinajstić information content (AvgIpc) is 2.81.